The zero-order valence-electron chi connectivity index (χ0n) is 10.9. The number of ketones is 1. The maximum atomic E-state index is 12.0. The molecular formula is C16H18OS. The van der Waals surface area contributed by atoms with Gasteiger partial charge in [0.25, 0.3) is 0 Å². The van der Waals surface area contributed by atoms with Crippen LogP contribution >= 0.6 is 11.3 Å². The molecule has 1 aliphatic carbocycles. The molecule has 1 aromatic carbocycles. The van der Waals surface area contributed by atoms with Crippen molar-refractivity contribution in [2.75, 3.05) is 0 Å². The van der Waals surface area contributed by atoms with Crippen LogP contribution in [-0.2, 0) is 4.79 Å². The molecule has 1 atom stereocenters. The molecule has 2 aromatic rings. The van der Waals surface area contributed by atoms with Crippen LogP contribution < -0.4 is 0 Å². The van der Waals surface area contributed by atoms with E-state index in [1.54, 1.807) is 0 Å². The fourth-order valence-corrected chi connectivity index (χ4v) is 4.61. The number of fused-ring (bicyclic) bond motifs is 1. The van der Waals surface area contributed by atoms with Crippen LogP contribution in [0.2, 0.25) is 0 Å². The van der Waals surface area contributed by atoms with Gasteiger partial charge in [-0.15, -0.1) is 11.3 Å². The molecule has 0 radical (unpaired) electrons. The Hall–Kier alpha value is -1.15. The fraction of sp³-hybridized carbons (Fsp3) is 0.438. The summed E-state index contributed by atoms with van der Waals surface area (Å²) in [6.45, 7) is 4.31. The number of carbonyl (C=O) groups excluding carboxylic acids is 1. The molecule has 0 saturated heterocycles. The molecule has 94 valence electrons. The van der Waals surface area contributed by atoms with E-state index >= 15 is 0 Å². The molecule has 0 bridgehead atoms. The van der Waals surface area contributed by atoms with E-state index in [9.17, 15) is 4.79 Å². The van der Waals surface area contributed by atoms with Crippen molar-refractivity contribution in [3.05, 3.63) is 35.2 Å². The molecule has 0 N–H and O–H groups in total. The van der Waals surface area contributed by atoms with E-state index in [0.717, 1.165) is 19.3 Å². The Balaban J connectivity index is 2.02. The average Bonchev–Trinajstić information content (AvgIpc) is 2.80. The molecule has 1 fully saturated rings. The van der Waals surface area contributed by atoms with Gasteiger partial charge in [-0.3, -0.25) is 4.79 Å². The van der Waals surface area contributed by atoms with Crippen LogP contribution in [0, 0.1) is 5.41 Å². The molecule has 1 nitrogen and oxygen atoms in total. The second-order valence-electron chi connectivity index (χ2n) is 5.23. The largest absolute Gasteiger partial charge is 0.299 e. The highest BCUT2D eigenvalue weighted by molar-refractivity contribution is 7.19. The minimum Gasteiger partial charge on any atom is -0.299 e. The van der Waals surface area contributed by atoms with Crippen LogP contribution in [0.1, 0.15) is 43.9 Å². The van der Waals surface area contributed by atoms with Gasteiger partial charge in [0, 0.05) is 27.3 Å². The molecule has 1 aromatic heterocycles. The van der Waals surface area contributed by atoms with Gasteiger partial charge < -0.3 is 0 Å². The number of hydrogen-bond donors (Lipinski definition) is 0. The monoisotopic (exact) mass is 258 g/mol. The highest BCUT2D eigenvalue weighted by atomic mass is 32.1. The van der Waals surface area contributed by atoms with E-state index in [4.69, 9.17) is 0 Å². The van der Waals surface area contributed by atoms with E-state index in [-0.39, 0.29) is 5.41 Å². The third-order valence-electron chi connectivity index (χ3n) is 4.66. The summed E-state index contributed by atoms with van der Waals surface area (Å²) in [4.78, 5) is 13.4. The summed E-state index contributed by atoms with van der Waals surface area (Å²) in [6.07, 6.45) is 2.69. The Morgan fingerprint density at radius 2 is 2.00 bits per heavy atom. The molecule has 1 saturated carbocycles. The van der Waals surface area contributed by atoms with Crippen LogP contribution in [0.25, 0.3) is 10.1 Å². The molecular weight excluding hydrogens is 240 g/mol. The molecule has 18 heavy (non-hydrogen) atoms. The van der Waals surface area contributed by atoms with E-state index in [2.05, 4.69) is 44.2 Å². The summed E-state index contributed by atoms with van der Waals surface area (Å²) in [5.41, 5.74) is -0.0686. The predicted molar refractivity (Wildman–Crippen MR) is 77.2 cm³/mol. The molecule has 3 rings (SSSR count). The van der Waals surface area contributed by atoms with Gasteiger partial charge in [0.15, 0.2) is 0 Å². The maximum absolute atomic E-state index is 12.0. The van der Waals surface area contributed by atoms with Crippen LogP contribution in [0.5, 0.6) is 0 Å². The first kappa shape index (κ1) is 11.9. The summed E-state index contributed by atoms with van der Waals surface area (Å²) in [7, 11) is 0. The molecule has 1 heterocycles. The summed E-state index contributed by atoms with van der Waals surface area (Å²) < 4.78 is 1.34. The molecule has 1 aliphatic rings. The van der Waals surface area contributed by atoms with Gasteiger partial charge in [-0.05, 0) is 30.4 Å². The van der Waals surface area contributed by atoms with Crippen molar-refractivity contribution < 1.29 is 4.79 Å². The minimum atomic E-state index is -0.0686. The zero-order chi connectivity index (χ0) is 12.8. The summed E-state index contributed by atoms with van der Waals surface area (Å²) in [5.74, 6) is 0.923. The Kier molecular flexibility index (Phi) is 2.78. The molecule has 0 spiro atoms. The quantitative estimate of drug-likeness (QED) is 0.775. The smallest absolute Gasteiger partial charge is 0.140 e. The first-order valence-electron chi connectivity index (χ1n) is 6.73. The van der Waals surface area contributed by atoms with Crippen molar-refractivity contribution in [2.24, 2.45) is 5.41 Å². The third-order valence-corrected chi connectivity index (χ3v) is 5.89. The van der Waals surface area contributed by atoms with Crippen molar-refractivity contribution in [3.63, 3.8) is 0 Å². The van der Waals surface area contributed by atoms with Gasteiger partial charge in [-0.2, -0.15) is 0 Å². The van der Waals surface area contributed by atoms with Crippen LogP contribution in [0.15, 0.2) is 30.3 Å². The van der Waals surface area contributed by atoms with Gasteiger partial charge in [0.05, 0.1) is 0 Å². The topological polar surface area (TPSA) is 17.1 Å². The van der Waals surface area contributed by atoms with Crippen LogP contribution in [-0.4, -0.2) is 5.78 Å². The second kappa shape index (κ2) is 4.20. The summed E-state index contributed by atoms with van der Waals surface area (Å²) >= 11 is 1.86. The van der Waals surface area contributed by atoms with E-state index in [0.29, 0.717) is 11.7 Å². The van der Waals surface area contributed by atoms with E-state index < -0.39 is 0 Å². The van der Waals surface area contributed by atoms with Crippen LogP contribution in [0.3, 0.4) is 0 Å². The molecule has 0 aliphatic heterocycles. The first-order valence-corrected chi connectivity index (χ1v) is 7.54. The Bertz CT molecular complexity index is 559. The molecule has 0 amide bonds. The lowest BCUT2D eigenvalue weighted by Crippen LogP contribution is -2.47. The number of thiophene rings is 1. The molecule has 1 unspecified atom stereocenters. The van der Waals surface area contributed by atoms with Gasteiger partial charge in [-0.25, -0.2) is 0 Å². The zero-order valence-corrected chi connectivity index (χ0v) is 11.7. The molecule has 2 heteroatoms. The lowest BCUT2D eigenvalue weighted by Gasteiger charge is -2.46. The Morgan fingerprint density at radius 1 is 1.28 bits per heavy atom. The SMILES string of the molecule is CCC1(CC)C(=O)CC1c1cc2ccccc2s1. The number of hydrogen-bond acceptors (Lipinski definition) is 2. The van der Waals surface area contributed by atoms with Crippen molar-refractivity contribution >= 4 is 27.2 Å². The first-order chi connectivity index (χ1) is 8.71. The van der Waals surface area contributed by atoms with Crippen molar-refractivity contribution in [1.29, 1.82) is 0 Å². The standard InChI is InChI=1S/C16H18OS/c1-3-16(4-2)12(10-15(16)17)14-9-11-7-5-6-8-13(11)18-14/h5-9,12H,3-4,10H2,1-2H3. The second-order valence-corrected chi connectivity index (χ2v) is 6.35. The van der Waals surface area contributed by atoms with E-state index in [1.807, 2.05) is 11.3 Å². The minimum absolute atomic E-state index is 0.0686. The number of carbonyl (C=O) groups is 1. The number of benzene rings is 1. The highest BCUT2D eigenvalue weighted by Crippen LogP contribution is 2.56. The van der Waals surface area contributed by atoms with Crippen molar-refractivity contribution in [1.82, 2.24) is 0 Å². The predicted octanol–water partition coefficient (Wildman–Crippen LogP) is 4.76. The number of Topliss-reactive ketones (excluding diaryl/α,β-unsaturated/α-hetero) is 1. The Labute approximate surface area is 112 Å². The lowest BCUT2D eigenvalue weighted by atomic mass is 9.56. The highest BCUT2D eigenvalue weighted by Gasteiger charge is 2.52. The normalized spacial score (nSPS) is 22.1. The maximum Gasteiger partial charge on any atom is 0.140 e. The van der Waals surface area contributed by atoms with Gasteiger partial charge in [0.2, 0.25) is 0 Å². The number of rotatable bonds is 3. The van der Waals surface area contributed by atoms with Gasteiger partial charge in [-0.1, -0.05) is 32.0 Å². The summed E-state index contributed by atoms with van der Waals surface area (Å²) in [5, 5.41) is 1.32. The third kappa shape index (κ3) is 1.48. The lowest BCUT2D eigenvalue weighted by molar-refractivity contribution is -0.141. The fourth-order valence-electron chi connectivity index (χ4n) is 3.33. The van der Waals surface area contributed by atoms with Gasteiger partial charge >= 0.3 is 0 Å². The van der Waals surface area contributed by atoms with E-state index in [1.165, 1.54) is 15.0 Å². The Morgan fingerprint density at radius 3 is 2.61 bits per heavy atom. The average molecular weight is 258 g/mol. The van der Waals surface area contributed by atoms with Crippen LogP contribution in [0.4, 0.5) is 0 Å². The van der Waals surface area contributed by atoms with Crippen molar-refractivity contribution in [3.8, 4) is 0 Å². The van der Waals surface area contributed by atoms with Crippen molar-refractivity contribution in [2.45, 2.75) is 39.0 Å². The van der Waals surface area contributed by atoms with Gasteiger partial charge in [0.1, 0.15) is 5.78 Å². The summed E-state index contributed by atoms with van der Waals surface area (Å²) in [6, 6.07) is 10.8.